The van der Waals surface area contributed by atoms with Crippen LogP contribution in [0.5, 0.6) is 0 Å². The Bertz CT molecular complexity index is 578. The fourth-order valence-electron chi connectivity index (χ4n) is 1.40. The van der Waals surface area contributed by atoms with Crippen LogP contribution in [-0.4, -0.2) is 43.5 Å². The van der Waals surface area contributed by atoms with E-state index in [1.165, 1.54) is 6.92 Å². The fraction of sp³-hybridized carbons (Fsp3) is 0.273. The summed E-state index contributed by atoms with van der Waals surface area (Å²) >= 11 is 0. The molecule has 0 atom stereocenters. The van der Waals surface area contributed by atoms with Crippen molar-refractivity contribution in [1.29, 1.82) is 0 Å². The summed E-state index contributed by atoms with van der Waals surface area (Å²) in [5.74, 6) is -1.16. The van der Waals surface area contributed by atoms with Crippen molar-refractivity contribution in [3.8, 4) is 0 Å². The Morgan fingerprint density at radius 1 is 1.26 bits per heavy atom. The highest BCUT2D eigenvalue weighted by molar-refractivity contribution is 7.89. The van der Waals surface area contributed by atoms with Gasteiger partial charge >= 0.3 is 12.1 Å². The number of rotatable bonds is 4. The first-order chi connectivity index (χ1) is 8.84. The standard InChI is InChI=1S/C11H13NO6S/c1-3-12(11(15)18-2)19(16,17)9-6-4-8(5-7-9)10(13)14/h4-7H,3H2,1-2H3,(H,13,14). The number of hydrogen-bond acceptors (Lipinski definition) is 5. The predicted octanol–water partition coefficient (Wildman–Crippen LogP) is 1.16. The zero-order valence-electron chi connectivity index (χ0n) is 10.4. The van der Waals surface area contributed by atoms with Crippen molar-refractivity contribution in [3.63, 3.8) is 0 Å². The summed E-state index contributed by atoms with van der Waals surface area (Å²) in [6, 6.07) is 4.56. The number of nitrogens with zero attached hydrogens (tertiary/aromatic N) is 1. The third-order valence-corrected chi connectivity index (χ3v) is 4.21. The summed E-state index contributed by atoms with van der Waals surface area (Å²) in [5.41, 5.74) is -0.0416. The quantitative estimate of drug-likeness (QED) is 0.891. The molecule has 0 radical (unpaired) electrons. The molecule has 1 aromatic carbocycles. The van der Waals surface area contributed by atoms with Gasteiger partial charge < -0.3 is 9.84 Å². The molecule has 1 rings (SSSR count). The van der Waals surface area contributed by atoms with Crippen LogP contribution in [-0.2, 0) is 14.8 Å². The summed E-state index contributed by atoms with van der Waals surface area (Å²) in [5, 5.41) is 8.73. The minimum absolute atomic E-state index is 0.0416. The molecule has 0 aromatic heterocycles. The van der Waals surface area contributed by atoms with Gasteiger partial charge in [-0.05, 0) is 31.2 Å². The molecule has 0 aliphatic rings. The van der Waals surface area contributed by atoms with Crippen LogP contribution in [0.1, 0.15) is 17.3 Å². The molecule has 1 N–H and O–H groups in total. The molecular weight excluding hydrogens is 274 g/mol. The molecule has 104 valence electrons. The first-order valence-electron chi connectivity index (χ1n) is 5.28. The largest absolute Gasteiger partial charge is 0.478 e. The van der Waals surface area contributed by atoms with Gasteiger partial charge in [-0.1, -0.05) is 0 Å². The number of amides is 1. The number of methoxy groups -OCH3 is 1. The molecule has 1 aromatic rings. The number of carboxylic acids is 1. The minimum Gasteiger partial charge on any atom is -0.478 e. The van der Waals surface area contributed by atoms with Gasteiger partial charge in [0.15, 0.2) is 0 Å². The van der Waals surface area contributed by atoms with Gasteiger partial charge in [0, 0.05) is 6.54 Å². The van der Waals surface area contributed by atoms with E-state index in [1.807, 2.05) is 0 Å². The van der Waals surface area contributed by atoms with Crippen molar-refractivity contribution in [3.05, 3.63) is 29.8 Å². The Kier molecular flexibility index (Phi) is 4.49. The number of benzene rings is 1. The highest BCUT2D eigenvalue weighted by atomic mass is 32.2. The van der Waals surface area contributed by atoms with E-state index >= 15 is 0 Å². The lowest BCUT2D eigenvalue weighted by molar-refractivity contribution is 0.0696. The van der Waals surface area contributed by atoms with Crippen LogP contribution in [0.3, 0.4) is 0 Å². The maximum absolute atomic E-state index is 12.1. The van der Waals surface area contributed by atoms with Crippen molar-refractivity contribution in [2.45, 2.75) is 11.8 Å². The molecule has 0 saturated carbocycles. The number of carbonyl (C=O) groups is 2. The van der Waals surface area contributed by atoms with Crippen molar-refractivity contribution in [2.75, 3.05) is 13.7 Å². The SMILES string of the molecule is CCN(C(=O)OC)S(=O)(=O)c1ccc(C(=O)O)cc1. The van der Waals surface area contributed by atoms with Gasteiger partial charge in [0.1, 0.15) is 0 Å². The van der Waals surface area contributed by atoms with Gasteiger partial charge in [-0.25, -0.2) is 22.3 Å². The van der Waals surface area contributed by atoms with Crippen LogP contribution in [0.15, 0.2) is 29.2 Å². The molecule has 0 saturated heterocycles. The smallest absolute Gasteiger partial charge is 0.423 e. The van der Waals surface area contributed by atoms with Crippen LogP contribution < -0.4 is 0 Å². The van der Waals surface area contributed by atoms with Crippen molar-refractivity contribution >= 4 is 22.1 Å². The average Bonchev–Trinajstić information content (AvgIpc) is 2.39. The molecule has 0 aliphatic carbocycles. The molecule has 0 bridgehead atoms. The van der Waals surface area contributed by atoms with Crippen LogP contribution in [0.2, 0.25) is 0 Å². The Morgan fingerprint density at radius 3 is 2.16 bits per heavy atom. The molecule has 7 nitrogen and oxygen atoms in total. The van der Waals surface area contributed by atoms with E-state index in [9.17, 15) is 18.0 Å². The summed E-state index contributed by atoms with van der Waals surface area (Å²) in [6.07, 6.45) is -0.996. The van der Waals surface area contributed by atoms with Gasteiger partial charge in [-0.3, -0.25) is 0 Å². The normalized spacial score (nSPS) is 10.8. The highest BCUT2D eigenvalue weighted by Crippen LogP contribution is 2.17. The lowest BCUT2D eigenvalue weighted by atomic mass is 10.2. The molecule has 19 heavy (non-hydrogen) atoms. The second-order valence-electron chi connectivity index (χ2n) is 3.47. The van der Waals surface area contributed by atoms with E-state index in [-0.39, 0.29) is 17.0 Å². The molecule has 0 fully saturated rings. The van der Waals surface area contributed by atoms with Gasteiger partial charge in [0.25, 0.3) is 10.0 Å². The van der Waals surface area contributed by atoms with Crippen molar-refractivity contribution in [1.82, 2.24) is 4.31 Å². The van der Waals surface area contributed by atoms with E-state index in [4.69, 9.17) is 5.11 Å². The first-order valence-corrected chi connectivity index (χ1v) is 6.72. The molecule has 0 heterocycles. The number of ether oxygens (including phenoxy) is 1. The first kappa shape index (κ1) is 15.0. The Labute approximate surface area is 110 Å². The predicted molar refractivity (Wildman–Crippen MR) is 65.4 cm³/mol. The molecule has 8 heteroatoms. The van der Waals surface area contributed by atoms with Gasteiger partial charge in [-0.2, -0.15) is 0 Å². The second-order valence-corrected chi connectivity index (χ2v) is 5.33. The number of carbonyl (C=O) groups excluding carboxylic acids is 1. The van der Waals surface area contributed by atoms with Crippen LogP contribution in [0, 0.1) is 0 Å². The fourth-order valence-corrected chi connectivity index (χ4v) is 2.74. The summed E-state index contributed by atoms with van der Waals surface area (Å²) in [4.78, 5) is 21.9. The third kappa shape index (κ3) is 3.02. The van der Waals surface area contributed by atoms with Gasteiger partial charge in [0.2, 0.25) is 0 Å². The summed E-state index contributed by atoms with van der Waals surface area (Å²) < 4.78 is 29.2. The van der Waals surface area contributed by atoms with Gasteiger partial charge in [0.05, 0.1) is 17.6 Å². The Hall–Kier alpha value is -2.09. The van der Waals surface area contributed by atoms with Crippen LogP contribution in [0.4, 0.5) is 4.79 Å². The summed E-state index contributed by atoms with van der Waals surface area (Å²) in [7, 11) is -2.96. The van der Waals surface area contributed by atoms with Gasteiger partial charge in [-0.15, -0.1) is 0 Å². The average molecular weight is 287 g/mol. The maximum Gasteiger partial charge on any atom is 0.423 e. The Morgan fingerprint density at radius 2 is 1.79 bits per heavy atom. The van der Waals surface area contributed by atoms with Crippen LogP contribution >= 0.6 is 0 Å². The van der Waals surface area contributed by atoms with E-state index in [0.717, 1.165) is 31.4 Å². The zero-order chi connectivity index (χ0) is 14.6. The van der Waals surface area contributed by atoms with Crippen LogP contribution in [0.25, 0.3) is 0 Å². The topological polar surface area (TPSA) is 101 Å². The van der Waals surface area contributed by atoms with Crippen molar-refractivity contribution in [2.24, 2.45) is 0 Å². The molecule has 0 aliphatic heterocycles. The van der Waals surface area contributed by atoms with E-state index < -0.39 is 22.1 Å². The van der Waals surface area contributed by atoms with E-state index in [1.54, 1.807) is 0 Å². The zero-order valence-corrected chi connectivity index (χ0v) is 11.2. The second kappa shape index (κ2) is 5.70. The lowest BCUT2D eigenvalue weighted by Gasteiger charge is -2.19. The monoisotopic (exact) mass is 287 g/mol. The number of aromatic carboxylic acids is 1. The number of hydrogen-bond donors (Lipinski definition) is 1. The Balaban J connectivity index is 3.19. The highest BCUT2D eigenvalue weighted by Gasteiger charge is 2.28. The van der Waals surface area contributed by atoms with E-state index in [0.29, 0.717) is 4.31 Å². The van der Waals surface area contributed by atoms with E-state index in [2.05, 4.69) is 4.74 Å². The molecule has 0 unspecified atom stereocenters. The molecule has 0 spiro atoms. The number of sulfonamides is 1. The van der Waals surface area contributed by atoms with Crippen molar-refractivity contribution < 1.29 is 27.9 Å². The molecular formula is C11H13NO6S. The molecule has 1 amide bonds. The maximum atomic E-state index is 12.1. The summed E-state index contributed by atoms with van der Waals surface area (Å²) in [6.45, 7) is 1.40. The minimum atomic E-state index is -4.04. The number of carboxylic acid groups (broad SMARTS) is 1. The third-order valence-electron chi connectivity index (χ3n) is 2.35. The lowest BCUT2D eigenvalue weighted by Crippen LogP contribution is -2.36.